The number of carbonyl (C=O) groups excluding carboxylic acids is 4. The smallest absolute Gasteiger partial charge is 0.407 e. The number of fused-ring (bicyclic) bond motifs is 2. The molecule has 2 aliphatic heterocycles. The highest BCUT2D eigenvalue weighted by Gasteiger charge is 2.56. The third-order valence-electron chi connectivity index (χ3n) is 16.6. The van der Waals surface area contributed by atoms with Gasteiger partial charge in [0.15, 0.2) is 0 Å². The molecule has 4 heterocycles. The van der Waals surface area contributed by atoms with E-state index < -0.39 is 18.1 Å². The number of rotatable bonds is 11. The van der Waals surface area contributed by atoms with Crippen molar-refractivity contribution >= 4 is 45.9 Å². The van der Waals surface area contributed by atoms with Crippen molar-refractivity contribution < 1.29 is 28.7 Å². The quantitative estimate of drug-likeness (QED) is 0.108. The number of benzene rings is 4. The summed E-state index contributed by atoms with van der Waals surface area (Å²) in [7, 11) is 2.70. The first-order chi connectivity index (χ1) is 33.7. The summed E-state index contributed by atoms with van der Waals surface area (Å²) in [6.07, 6.45) is 9.11. The molecule has 14 rings (SSSR count). The van der Waals surface area contributed by atoms with Gasteiger partial charge in [0.05, 0.1) is 60.7 Å². The van der Waals surface area contributed by atoms with Crippen LogP contribution in [0.1, 0.15) is 119 Å². The fourth-order valence-electron chi connectivity index (χ4n) is 11.9. The van der Waals surface area contributed by atoms with Gasteiger partial charge in [-0.3, -0.25) is 14.4 Å². The van der Waals surface area contributed by atoms with Crippen LogP contribution in [0.3, 0.4) is 0 Å². The number of hydrogen-bond donors (Lipinski definition) is 3. The molecule has 4 fully saturated rings. The predicted octanol–water partition coefficient (Wildman–Crippen LogP) is 9.98. The molecule has 2 aromatic heterocycles. The first kappa shape index (κ1) is 45.9. The summed E-state index contributed by atoms with van der Waals surface area (Å²) in [4.78, 5) is 74.5. The first-order valence-electron chi connectivity index (χ1n) is 25.5. The summed E-state index contributed by atoms with van der Waals surface area (Å²) in [6, 6.07) is 25.9. The van der Waals surface area contributed by atoms with Crippen LogP contribution < -0.4 is 5.32 Å². The Morgan fingerprint density at radius 3 is 1.59 bits per heavy atom. The number of esters is 1. The second-order valence-corrected chi connectivity index (χ2v) is 22.1. The Hall–Kier alpha value is -6.50. The van der Waals surface area contributed by atoms with Gasteiger partial charge in [0.1, 0.15) is 17.7 Å². The zero-order chi connectivity index (χ0) is 48.6. The van der Waals surface area contributed by atoms with Gasteiger partial charge in [-0.25, -0.2) is 14.8 Å². The lowest BCUT2D eigenvalue weighted by molar-refractivity contribution is -0.148. The van der Waals surface area contributed by atoms with Gasteiger partial charge >= 0.3 is 12.1 Å². The monoisotopic (exact) mass is 943 g/mol. The lowest BCUT2D eigenvalue weighted by atomic mass is 9.87. The highest BCUT2D eigenvalue weighted by atomic mass is 16.5. The minimum Gasteiger partial charge on any atom is -0.469 e. The Kier molecular flexibility index (Phi) is 11.6. The van der Waals surface area contributed by atoms with E-state index in [9.17, 15) is 19.2 Å². The average molecular weight is 944 g/mol. The number of H-pyrrole nitrogens is 2. The third kappa shape index (κ3) is 8.63. The first-order valence-corrected chi connectivity index (χ1v) is 25.5. The summed E-state index contributed by atoms with van der Waals surface area (Å²) >= 11 is 0. The van der Waals surface area contributed by atoms with E-state index in [1.54, 1.807) is 0 Å². The van der Waals surface area contributed by atoms with E-state index in [-0.39, 0.29) is 59.0 Å². The molecule has 3 amide bonds. The number of carbonyl (C=O) groups is 4. The summed E-state index contributed by atoms with van der Waals surface area (Å²) in [5.41, 5.74) is 13.8. The van der Waals surface area contributed by atoms with Crippen LogP contribution in [0.2, 0.25) is 0 Å². The van der Waals surface area contributed by atoms with Crippen molar-refractivity contribution in [3.05, 3.63) is 107 Å². The Morgan fingerprint density at radius 1 is 0.643 bits per heavy atom. The van der Waals surface area contributed by atoms with Crippen molar-refractivity contribution in [2.24, 2.45) is 28.6 Å². The largest absolute Gasteiger partial charge is 0.469 e. The molecule has 4 aromatic carbocycles. The molecule has 8 aliphatic rings. The molecule has 13 nitrogen and oxygen atoms in total. The number of alkyl carbamates (subject to hydrolysis) is 1. The van der Waals surface area contributed by atoms with E-state index >= 15 is 0 Å². The lowest BCUT2D eigenvalue weighted by Gasteiger charge is -2.30. The maximum absolute atomic E-state index is 14.2. The molecule has 2 spiro atoms. The van der Waals surface area contributed by atoms with Crippen LogP contribution in [0.5, 0.6) is 0 Å². The normalized spacial score (nSPS) is 20.6. The molecule has 6 aromatic rings. The number of likely N-dealkylation sites (tertiary alicyclic amines) is 2. The third-order valence-corrected chi connectivity index (χ3v) is 16.6. The maximum atomic E-state index is 14.2. The van der Waals surface area contributed by atoms with E-state index in [0.717, 1.165) is 109 Å². The minimum atomic E-state index is -0.690. The highest BCUT2D eigenvalue weighted by Crippen LogP contribution is 2.60. The van der Waals surface area contributed by atoms with Crippen LogP contribution in [0.4, 0.5) is 4.79 Å². The fourth-order valence-corrected chi connectivity index (χ4v) is 11.9. The molecule has 13 heteroatoms. The molecule has 2 saturated heterocycles. The molecular weight excluding hydrogens is 879 g/mol. The zero-order valence-electron chi connectivity index (χ0n) is 41.3. The van der Waals surface area contributed by atoms with E-state index in [4.69, 9.17) is 19.4 Å². The molecule has 4 atom stereocenters. The Balaban J connectivity index is 0.838. The van der Waals surface area contributed by atoms with Crippen molar-refractivity contribution in [1.82, 2.24) is 35.1 Å². The highest BCUT2D eigenvalue weighted by molar-refractivity contribution is 5.88. The van der Waals surface area contributed by atoms with Crippen molar-refractivity contribution in [1.29, 1.82) is 0 Å². The summed E-state index contributed by atoms with van der Waals surface area (Å²) in [5, 5.41) is 2.79. The van der Waals surface area contributed by atoms with Gasteiger partial charge in [-0.15, -0.1) is 0 Å². The van der Waals surface area contributed by atoms with Gasteiger partial charge in [0.25, 0.3) is 0 Å². The molecular formula is C57H65N7O6. The van der Waals surface area contributed by atoms with E-state index in [0.29, 0.717) is 13.1 Å². The number of aromatic amines is 2. The van der Waals surface area contributed by atoms with E-state index in [2.05, 4.69) is 88.1 Å². The number of ether oxygens (including phenoxy) is 2. The van der Waals surface area contributed by atoms with Gasteiger partial charge in [0, 0.05) is 13.1 Å². The number of nitrogens with zero attached hydrogens (tertiary/aromatic N) is 4. The second-order valence-electron chi connectivity index (χ2n) is 22.1. The number of amides is 3. The van der Waals surface area contributed by atoms with Crippen LogP contribution in [0.15, 0.2) is 72.8 Å². The minimum absolute atomic E-state index is 0.00276. The molecule has 4 unspecified atom stereocenters. The standard InChI is InChI=1S/C57H65N7O6/c1-32(2)40(27-49(65)69-5)53(66)63-30-56(19-20-56)28-47(63)51-58-43-17-15-38(25-45(43)60-51)41-23-34-7-11-36(41)12-8-35-10-14-37(13-9-34)42(24-35)39-16-18-44-46(26-39)61-52(59-44)48-29-57(21-22-57)31-64(48)54(67)50(33(3)4)62-55(68)70-6/h7,10-11,14-18,23-26,32-33,40,47-48,50H,8-9,12-13,19-22,27-31H2,1-6H3,(H,58,60)(H,59,61)(H,62,68). The fraction of sp³-hybridized carbons (Fsp3) is 0.474. The number of aromatic nitrogens is 4. The Morgan fingerprint density at radius 2 is 1.14 bits per heavy atom. The second kappa shape index (κ2) is 17.7. The number of imidazole rings is 2. The van der Waals surface area contributed by atoms with Gasteiger partial charge in [0.2, 0.25) is 11.8 Å². The SMILES string of the molecule is COC(=O)CC(C(=O)N1CC2(CC2)CC1c1nc2ccc(-c3cc4ccc3CCc3ccc(c(-c5ccc6nc(C7CC8(CC8)CN7C(=O)C(NC(=O)OC)C(C)C)[nH]c6c5)c3)CC4)cc2[nH]1)C(C)C. The number of aryl methyl sites for hydroxylation is 4. The average Bonchev–Trinajstić information content (AvgIpc) is 4.00. The van der Waals surface area contributed by atoms with Crippen LogP contribution >= 0.6 is 0 Å². The molecule has 6 aliphatic carbocycles. The van der Waals surface area contributed by atoms with Crippen molar-refractivity contribution in [2.45, 2.75) is 116 Å². The molecule has 70 heavy (non-hydrogen) atoms. The molecule has 2 saturated carbocycles. The van der Waals surface area contributed by atoms with Gasteiger partial charge < -0.3 is 34.6 Å². The van der Waals surface area contributed by atoms with Gasteiger partial charge in [-0.2, -0.15) is 0 Å². The van der Waals surface area contributed by atoms with Crippen molar-refractivity contribution in [3.8, 4) is 22.3 Å². The Labute approximate surface area is 409 Å². The summed E-state index contributed by atoms with van der Waals surface area (Å²) in [5.74, 6) is 0.627. The van der Waals surface area contributed by atoms with E-state index in [1.807, 2.05) is 37.5 Å². The topological polar surface area (TPSA) is 163 Å². The van der Waals surface area contributed by atoms with Crippen LogP contribution in [0, 0.1) is 28.6 Å². The zero-order valence-corrected chi connectivity index (χ0v) is 41.3. The maximum Gasteiger partial charge on any atom is 0.407 e. The van der Waals surface area contributed by atoms with Crippen molar-refractivity contribution in [3.63, 3.8) is 0 Å². The lowest BCUT2D eigenvalue weighted by Crippen LogP contribution is -2.51. The number of methoxy groups -OCH3 is 2. The number of nitrogens with one attached hydrogen (secondary N) is 3. The van der Waals surface area contributed by atoms with Crippen LogP contribution in [-0.4, -0.2) is 87.0 Å². The van der Waals surface area contributed by atoms with Crippen LogP contribution in [-0.2, 0) is 49.5 Å². The van der Waals surface area contributed by atoms with E-state index in [1.165, 1.54) is 47.6 Å². The Bertz CT molecular complexity index is 2850. The molecule has 0 radical (unpaired) electrons. The summed E-state index contributed by atoms with van der Waals surface area (Å²) < 4.78 is 9.87. The molecule has 3 N–H and O–H groups in total. The summed E-state index contributed by atoms with van der Waals surface area (Å²) in [6.45, 7) is 9.26. The van der Waals surface area contributed by atoms with Gasteiger partial charge in [-0.1, -0.05) is 76.2 Å². The molecule has 4 bridgehead atoms. The predicted molar refractivity (Wildman–Crippen MR) is 268 cm³/mol. The van der Waals surface area contributed by atoms with Gasteiger partial charge in [-0.05, 0) is 156 Å². The van der Waals surface area contributed by atoms with Crippen molar-refractivity contribution in [2.75, 3.05) is 27.3 Å². The molecule has 364 valence electrons. The van der Waals surface area contributed by atoms with Crippen LogP contribution in [0.25, 0.3) is 44.3 Å². The number of hydrogen-bond acceptors (Lipinski definition) is 8.